The minimum Gasteiger partial charge on any atom is -0.338 e. The predicted octanol–water partition coefficient (Wildman–Crippen LogP) is 5.02. The van der Waals surface area contributed by atoms with E-state index in [-0.39, 0.29) is 23.7 Å². The minimum absolute atomic E-state index is 0.155. The summed E-state index contributed by atoms with van der Waals surface area (Å²) in [6, 6.07) is 20.1. The largest absolute Gasteiger partial charge is 0.338 e. The van der Waals surface area contributed by atoms with Crippen LogP contribution in [0.25, 0.3) is 0 Å². The second kappa shape index (κ2) is 10.9. The van der Waals surface area contributed by atoms with Crippen molar-refractivity contribution in [2.75, 3.05) is 18.4 Å². The number of amides is 2. The first-order valence-electron chi connectivity index (χ1n) is 11.3. The minimum atomic E-state index is -0.322. The fourth-order valence-electron chi connectivity index (χ4n) is 4.35. The van der Waals surface area contributed by atoms with Crippen molar-refractivity contribution in [2.45, 2.75) is 31.8 Å². The lowest BCUT2D eigenvalue weighted by molar-refractivity contribution is 0.167. The normalized spacial score (nSPS) is 15.3. The molecule has 1 aliphatic rings. The summed E-state index contributed by atoms with van der Waals surface area (Å²) in [5, 5.41) is 14.6. The molecule has 7 heteroatoms. The second-order valence-corrected chi connectivity index (χ2v) is 8.50. The van der Waals surface area contributed by atoms with Crippen molar-refractivity contribution >= 4 is 11.7 Å². The Morgan fingerprint density at radius 3 is 2.62 bits per heavy atom. The number of rotatable bonds is 7. The van der Waals surface area contributed by atoms with Crippen LogP contribution in [0.5, 0.6) is 0 Å². The molecule has 1 atom stereocenters. The lowest BCUT2D eigenvalue weighted by Crippen LogP contribution is -2.43. The molecule has 4 rings (SSSR count). The molecular formula is C27H26F2N4O. The number of carbonyl (C=O) groups excluding carboxylic acids is 1. The molecule has 0 aromatic heterocycles. The molecule has 0 saturated heterocycles. The third-order valence-corrected chi connectivity index (χ3v) is 6.06. The number of carbonyl (C=O) groups is 1. The number of nitrogens with zero attached hydrogens (tertiary/aromatic N) is 2. The van der Waals surface area contributed by atoms with Gasteiger partial charge < -0.3 is 10.6 Å². The maximum absolute atomic E-state index is 13.8. The summed E-state index contributed by atoms with van der Waals surface area (Å²) in [7, 11) is 0. The van der Waals surface area contributed by atoms with E-state index in [1.165, 1.54) is 18.2 Å². The van der Waals surface area contributed by atoms with Gasteiger partial charge in [-0.05, 0) is 78.4 Å². The number of nitrogens with one attached hydrogen (secondary N) is 2. The number of halogens is 2. The van der Waals surface area contributed by atoms with Gasteiger partial charge in [0.1, 0.15) is 11.6 Å². The number of urea groups is 1. The summed E-state index contributed by atoms with van der Waals surface area (Å²) in [5.41, 5.74) is 4.21. The molecule has 0 saturated carbocycles. The van der Waals surface area contributed by atoms with Crippen LogP contribution in [0.4, 0.5) is 19.3 Å². The van der Waals surface area contributed by atoms with Crippen molar-refractivity contribution in [2.24, 2.45) is 0 Å². The highest BCUT2D eigenvalue weighted by Gasteiger charge is 2.26. The van der Waals surface area contributed by atoms with Crippen LogP contribution >= 0.6 is 0 Å². The molecule has 0 fully saturated rings. The van der Waals surface area contributed by atoms with Crippen LogP contribution < -0.4 is 10.6 Å². The van der Waals surface area contributed by atoms with Gasteiger partial charge >= 0.3 is 6.03 Å². The average molecular weight is 461 g/mol. The quantitative estimate of drug-likeness (QED) is 0.487. The number of fused-ring (bicyclic) bond motifs is 1. The Morgan fingerprint density at radius 1 is 1.03 bits per heavy atom. The topological polar surface area (TPSA) is 68.2 Å². The number of nitriles is 1. The van der Waals surface area contributed by atoms with Gasteiger partial charge in [0.2, 0.25) is 0 Å². The second-order valence-electron chi connectivity index (χ2n) is 8.50. The van der Waals surface area contributed by atoms with Gasteiger partial charge in [0.25, 0.3) is 0 Å². The summed E-state index contributed by atoms with van der Waals surface area (Å²) in [6.45, 7) is 1.95. The molecule has 1 heterocycles. The summed E-state index contributed by atoms with van der Waals surface area (Å²) in [5.74, 6) is -0.497. The Hall–Kier alpha value is -3.76. The molecule has 174 valence electrons. The molecular weight excluding hydrogens is 434 g/mol. The Morgan fingerprint density at radius 2 is 1.82 bits per heavy atom. The SMILES string of the molecule is N#Cc1cccc(NC(=O)NCCCN2Cc3ccc(F)cc3CC2Cc2ccc(F)cc2)c1. The molecule has 1 aliphatic heterocycles. The van der Waals surface area contributed by atoms with Crippen LogP contribution in [-0.4, -0.2) is 30.1 Å². The van der Waals surface area contributed by atoms with Gasteiger partial charge in [0.05, 0.1) is 11.6 Å². The lowest BCUT2D eigenvalue weighted by atomic mass is 9.90. The number of hydrogen-bond donors (Lipinski definition) is 2. The van der Waals surface area contributed by atoms with Crippen LogP contribution in [0.15, 0.2) is 66.7 Å². The Labute approximate surface area is 198 Å². The first-order chi connectivity index (χ1) is 16.5. The van der Waals surface area contributed by atoms with Gasteiger partial charge in [-0.25, -0.2) is 13.6 Å². The first kappa shape index (κ1) is 23.4. The summed E-state index contributed by atoms with van der Waals surface area (Å²) >= 11 is 0. The lowest BCUT2D eigenvalue weighted by Gasteiger charge is -2.37. The van der Waals surface area contributed by atoms with E-state index in [1.54, 1.807) is 42.5 Å². The van der Waals surface area contributed by atoms with E-state index < -0.39 is 0 Å². The van der Waals surface area contributed by atoms with E-state index in [4.69, 9.17) is 5.26 Å². The molecule has 0 spiro atoms. The molecule has 5 nitrogen and oxygen atoms in total. The summed E-state index contributed by atoms with van der Waals surface area (Å²) < 4.78 is 27.1. The Bertz CT molecular complexity index is 1190. The highest BCUT2D eigenvalue weighted by molar-refractivity contribution is 5.89. The molecule has 3 aromatic rings. The molecule has 0 aliphatic carbocycles. The highest BCUT2D eigenvalue weighted by Crippen LogP contribution is 2.26. The zero-order valence-electron chi connectivity index (χ0n) is 18.7. The van der Waals surface area contributed by atoms with Crippen molar-refractivity contribution < 1.29 is 13.6 Å². The Balaban J connectivity index is 1.34. The number of anilines is 1. The maximum Gasteiger partial charge on any atom is 0.319 e. The molecule has 0 bridgehead atoms. The van der Waals surface area contributed by atoms with Crippen molar-refractivity contribution in [3.63, 3.8) is 0 Å². The maximum atomic E-state index is 13.8. The van der Waals surface area contributed by atoms with E-state index in [0.717, 1.165) is 36.1 Å². The van der Waals surface area contributed by atoms with Crippen molar-refractivity contribution in [3.05, 3.63) is 101 Å². The highest BCUT2D eigenvalue weighted by atomic mass is 19.1. The molecule has 34 heavy (non-hydrogen) atoms. The average Bonchev–Trinajstić information content (AvgIpc) is 2.83. The van der Waals surface area contributed by atoms with E-state index in [0.29, 0.717) is 30.8 Å². The van der Waals surface area contributed by atoms with Crippen LogP contribution in [0.2, 0.25) is 0 Å². The van der Waals surface area contributed by atoms with Crippen molar-refractivity contribution in [1.82, 2.24) is 10.2 Å². The molecule has 2 N–H and O–H groups in total. The third kappa shape index (κ3) is 6.18. The molecule has 2 amide bonds. The molecule has 3 aromatic carbocycles. The van der Waals surface area contributed by atoms with Crippen LogP contribution in [0.1, 0.15) is 28.7 Å². The van der Waals surface area contributed by atoms with Gasteiger partial charge in [-0.2, -0.15) is 5.26 Å². The van der Waals surface area contributed by atoms with E-state index in [9.17, 15) is 13.6 Å². The molecule has 0 radical (unpaired) electrons. The van der Waals surface area contributed by atoms with Crippen molar-refractivity contribution in [3.8, 4) is 6.07 Å². The van der Waals surface area contributed by atoms with Crippen molar-refractivity contribution in [1.29, 1.82) is 5.26 Å². The van der Waals surface area contributed by atoms with Gasteiger partial charge in [-0.3, -0.25) is 4.90 Å². The zero-order chi connectivity index (χ0) is 23.9. The van der Waals surface area contributed by atoms with E-state index in [1.807, 2.05) is 12.1 Å². The van der Waals surface area contributed by atoms with E-state index in [2.05, 4.69) is 15.5 Å². The fraction of sp³-hybridized carbons (Fsp3) is 0.259. The zero-order valence-corrected chi connectivity index (χ0v) is 18.7. The summed E-state index contributed by atoms with van der Waals surface area (Å²) in [6.07, 6.45) is 2.19. The van der Waals surface area contributed by atoms with Gasteiger partial charge in [0.15, 0.2) is 0 Å². The predicted molar refractivity (Wildman–Crippen MR) is 127 cm³/mol. The monoisotopic (exact) mass is 460 g/mol. The van der Waals surface area contributed by atoms with Gasteiger partial charge in [-0.1, -0.05) is 24.3 Å². The smallest absolute Gasteiger partial charge is 0.319 e. The molecule has 1 unspecified atom stereocenters. The third-order valence-electron chi connectivity index (χ3n) is 6.06. The number of benzene rings is 3. The van der Waals surface area contributed by atoms with E-state index >= 15 is 0 Å². The summed E-state index contributed by atoms with van der Waals surface area (Å²) in [4.78, 5) is 14.6. The Kier molecular flexibility index (Phi) is 7.51. The van der Waals surface area contributed by atoms with Gasteiger partial charge in [-0.15, -0.1) is 0 Å². The number of hydrogen-bond acceptors (Lipinski definition) is 3. The van der Waals surface area contributed by atoms with Crippen LogP contribution in [-0.2, 0) is 19.4 Å². The fourth-order valence-corrected chi connectivity index (χ4v) is 4.35. The standard InChI is InChI=1S/C27H26F2N4O/c28-23-8-5-19(6-9-23)14-26-16-22-15-24(29)10-7-21(22)18-33(26)12-2-11-31-27(34)32-25-4-1-3-20(13-25)17-30/h1,3-10,13,15,26H,2,11-12,14,16,18H2,(H2,31,32,34). The first-order valence-corrected chi connectivity index (χ1v) is 11.3. The van der Waals surface area contributed by atoms with Crippen LogP contribution in [0.3, 0.4) is 0 Å². The van der Waals surface area contributed by atoms with Gasteiger partial charge in [0, 0.05) is 31.4 Å². The van der Waals surface area contributed by atoms with Crippen LogP contribution in [0, 0.1) is 23.0 Å².